The zero-order valence-electron chi connectivity index (χ0n) is 18.7. The Morgan fingerprint density at radius 3 is 2.52 bits per heavy atom. The van der Waals surface area contributed by atoms with E-state index >= 15 is 0 Å². The van der Waals surface area contributed by atoms with Crippen molar-refractivity contribution in [3.63, 3.8) is 0 Å². The summed E-state index contributed by atoms with van der Waals surface area (Å²) in [4.78, 5) is 11.6. The third kappa shape index (κ3) is 7.45. The molecule has 31 heavy (non-hydrogen) atoms. The molecule has 2 aromatic rings. The Morgan fingerprint density at radius 2 is 1.81 bits per heavy atom. The number of halogens is 1. The van der Waals surface area contributed by atoms with E-state index in [1.54, 1.807) is 14.2 Å². The average Bonchev–Trinajstić information content (AvgIpc) is 3.32. The van der Waals surface area contributed by atoms with Crippen molar-refractivity contribution in [2.45, 2.75) is 32.7 Å². The third-order valence-corrected chi connectivity index (χ3v) is 5.16. The molecule has 0 amide bonds. The summed E-state index contributed by atoms with van der Waals surface area (Å²) in [6, 6.07) is 10.2. The lowest BCUT2D eigenvalue weighted by atomic mass is 10.1. The van der Waals surface area contributed by atoms with Crippen molar-refractivity contribution in [2.24, 2.45) is 4.99 Å². The first kappa shape index (κ1) is 25.0. The van der Waals surface area contributed by atoms with Crippen LogP contribution in [0.1, 0.15) is 30.9 Å². The van der Waals surface area contributed by atoms with Gasteiger partial charge in [0.2, 0.25) is 0 Å². The molecule has 7 nitrogen and oxygen atoms in total. The molecule has 2 heterocycles. The van der Waals surface area contributed by atoms with Gasteiger partial charge in [-0.2, -0.15) is 0 Å². The van der Waals surface area contributed by atoms with Gasteiger partial charge >= 0.3 is 0 Å². The minimum atomic E-state index is 0. The summed E-state index contributed by atoms with van der Waals surface area (Å²) in [5.74, 6) is 3.38. The number of rotatable bonds is 9. The maximum atomic E-state index is 5.39. The summed E-state index contributed by atoms with van der Waals surface area (Å²) in [5, 5.41) is 6.73. The predicted octanol–water partition coefficient (Wildman–Crippen LogP) is 3.61. The van der Waals surface area contributed by atoms with Crippen LogP contribution >= 0.6 is 24.0 Å². The van der Waals surface area contributed by atoms with Gasteiger partial charge in [0.1, 0.15) is 5.82 Å². The molecular formula is C23H34IN5O2. The van der Waals surface area contributed by atoms with Crippen molar-refractivity contribution in [3.8, 4) is 11.5 Å². The Bertz CT molecular complexity index is 840. The van der Waals surface area contributed by atoms with E-state index in [0.717, 1.165) is 55.9 Å². The van der Waals surface area contributed by atoms with Gasteiger partial charge in [-0.25, -0.2) is 9.98 Å². The molecule has 0 unspecified atom stereocenters. The molecule has 0 bridgehead atoms. The molecule has 1 saturated heterocycles. The van der Waals surface area contributed by atoms with Crippen LogP contribution in [-0.4, -0.2) is 51.3 Å². The van der Waals surface area contributed by atoms with Gasteiger partial charge in [0.25, 0.3) is 0 Å². The summed E-state index contributed by atoms with van der Waals surface area (Å²) in [6.07, 6.45) is 5.24. The summed E-state index contributed by atoms with van der Waals surface area (Å²) >= 11 is 0. The van der Waals surface area contributed by atoms with Crippen molar-refractivity contribution < 1.29 is 9.47 Å². The normalized spacial score (nSPS) is 13.5. The molecule has 3 rings (SSSR count). The van der Waals surface area contributed by atoms with Crippen molar-refractivity contribution in [1.82, 2.24) is 15.6 Å². The lowest BCUT2D eigenvalue weighted by molar-refractivity contribution is 0.354. The van der Waals surface area contributed by atoms with E-state index in [9.17, 15) is 0 Å². The number of aliphatic imine (C=N–C) groups is 1. The molecule has 8 heteroatoms. The number of benzene rings is 1. The molecule has 1 fully saturated rings. The second kappa shape index (κ2) is 13.2. The van der Waals surface area contributed by atoms with E-state index in [1.807, 2.05) is 24.4 Å². The molecule has 2 N–H and O–H groups in total. The number of guanidine groups is 1. The number of nitrogens with one attached hydrogen (secondary N) is 2. The van der Waals surface area contributed by atoms with Crippen LogP contribution < -0.4 is 25.0 Å². The molecule has 1 aliphatic rings. The van der Waals surface area contributed by atoms with Crippen LogP contribution in [0.15, 0.2) is 41.5 Å². The standard InChI is InChI=1S/C23H33N5O2.HI/c1-4-24-23(26-12-9-18-7-8-20(29-2)21(15-18)30-3)27-17-19-10-11-25-22(16-19)28-13-5-6-14-28;/h7-8,10-11,15-16H,4-6,9,12-14,17H2,1-3H3,(H2,24,26,27);1H. The predicted molar refractivity (Wildman–Crippen MR) is 137 cm³/mol. The van der Waals surface area contributed by atoms with Crippen LogP contribution in [0.4, 0.5) is 5.82 Å². The molecule has 0 atom stereocenters. The first-order valence-corrected chi connectivity index (χ1v) is 10.7. The maximum Gasteiger partial charge on any atom is 0.191 e. The smallest absolute Gasteiger partial charge is 0.191 e. The van der Waals surface area contributed by atoms with E-state index in [0.29, 0.717) is 6.54 Å². The Balaban J connectivity index is 0.00000341. The van der Waals surface area contributed by atoms with Crippen molar-refractivity contribution >= 4 is 35.8 Å². The first-order chi connectivity index (χ1) is 14.7. The van der Waals surface area contributed by atoms with Gasteiger partial charge in [0.05, 0.1) is 20.8 Å². The zero-order valence-corrected chi connectivity index (χ0v) is 21.0. The van der Waals surface area contributed by atoms with Crippen molar-refractivity contribution in [2.75, 3.05) is 45.3 Å². The first-order valence-electron chi connectivity index (χ1n) is 10.7. The fraction of sp³-hybridized carbons (Fsp3) is 0.478. The van der Waals surface area contributed by atoms with Crippen LogP contribution in [0.5, 0.6) is 11.5 Å². The lowest BCUT2D eigenvalue weighted by Gasteiger charge is -2.16. The number of pyridine rings is 1. The van der Waals surface area contributed by atoms with Crippen LogP contribution in [-0.2, 0) is 13.0 Å². The summed E-state index contributed by atoms with van der Waals surface area (Å²) in [7, 11) is 3.30. The fourth-order valence-corrected chi connectivity index (χ4v) is 3.55. The van der Waals surface area contributed by atoms with E-state index in [1.165, 1.54) is 24.0 Å². The van der Waals surface area contributed by atoms with Gasteiger partial charge < -0.3 is 25.0 Å². The van der Waals surface area contributed by atoms with E-state index < -0.39 is 0 Å². The molecule has 0 spiro atoms. The Morgan fingerprint density at radius 1 is 1.03 bits per heavy atom. The Kier molecular flexibility index (Phi) is 10.7. The molecule has 1 aromatic carbocycles. The monoisotopic (exact) mass is 539 g/mol. The minimum absolute atomic E-state index is 0. The third-order valence-electron chi connectivity index (χ3n) is 5.16. The van der Waals surface area contributed by atoms with Crippen LogP contribution in [0, 0.1) is 0 Å². The highest BCUT2D eigenvalue weighted by molar-refractivity contribution is 14.0. The van der Waals surface area contributed by atoms with E-state index in [2.05, 4.69) is 39.6 Å². The minimum Gasteiger partial charge on any atom is -0.493 e. The number of methoxy groups -OCH3 is 2. The number of nitrogens with zero attached hydrogens (tertiary/aromatic N) is 3. The number of hydrogen-bond donors (Lipinski definition) is 2. The number of ether oxygens (including phenoxy) is 2. The average molecular weight is 539 g/mol. The van der Waals surface area contributed by atoms with Crippen LogP contribution in [0.2, 0.25) is 0 Å². The lowest BCUT2D eigenvalue weighted by Crippen LogP contribution is -2.38. The number of aromatic nitrogens is 1. The van der Waals surface area contributed by atoms with Gasteiger partial charge in [-0.15, -0.1) is 24.0 Å². The van der Waals surface area contributed by atoms with Crippen LogP contribution in [0.3, 0.4) is 0 Å². The number of hydrogen-bond acceptors (Lipinski definition) is 5. The van der Waals surface area contributed by atoms with Crippen LogP contribution in [0.25, 0.3) is 0 Å². The van der Waals surface area contributed by atoms with Gasteiger partial charge in [0, 0.05) is 32.4 Å². The quantitative estimate of drug-likeness (QED) is 0.288. The molecule has 0 saturated carbocycles. The van der Waals surface area contributed by atoms with Crippen molar-refractivity contribution in [3.05, 3.63) is 47.7 Å². The van der Waals surface area contributed by atoms with Crippen molar-refractivity contribution in [1.29, 1.82) is 0 Å². The SMILES string of the molecule is CCNC(=NCc1ccnc(N2CCCC2)c1)NCCc1ccc(OC)c(OC)c1.I. The highest BCUT2D eigenvalue weighted by Crippen LogP contribution is 2.27. The molecular weight excluding hydrogens is 505 g/mol. The van der Waals surface area contributed by atoms with Gasteiger partial charge in [-0.1, -0.05) is 6.07 Å². The molecule has 1 aliphatic heterocycles. The molecule has 1 aromatic heterocycles. The molecule has 0 radical (unpaired) electrons. The Labute approximate surface area is 202 Å². The summed E-state index contributed by atoms with van der Waals surface area (Å²) in [5.41, 5.74) is 2.35. The highest BCUT2D eigenvalue weighted by Gasteiger charge is 2.13. The second-order valence-electron chi connectivity index (χ2n) is 7.28. The Hall–Kier alpha value is -2.23. The van der Waals surface area contributed by atoms with Gasteiger partial charge in [0.15, 0.2) is 17.5 Å². The van der Waals surface area contributed by atoms with E-state index in [-0.39, 0.29) is 24.0 Å². The summed E-state index contributed by atoms with van der Waals surface area (Å²) in [6.45, 7) is 6.48. The zero-order chi connectivity index (χ0) is 21.2. The maximum absolute atomic E-state index is 5.39. The van der Waals surface area contributed by atoms with Gasteiger partial charge in [-0.3, -0.25) is 0 Å². The van der Waals surface area contributed by atoms with E-state index in [4.69, 9.17) is 14.5 Å². The highest BCUT2D eigenvalue weighted by atomic mass is 127. The summed E-state index contributed by atoms with van der Waals surface area (Å²) < 4.78 is 10.7. The molecule has 0 aliphatic carbocycles. The fourth-order valence-electron chi connectivity index (χ4n) is 3.55. The molecule has 170 valence electrons. The number of anilines is 1. The second-order valence-corrected chi connectivity index (χ2v) is 7.28. The largest absolute Gasteiger partial charge is 0.493 e. The van der Waals surface area contributed by atoms with Gasteiger partial charge in [-0.05, 0) is 61.6 Å². The topological polar surface area (TPSA) is 71.0 Å².